The predicted octanol–water partition coefficient (Wildman–Crippen LogP) is 5.34. The molecule has 0 unspecified atom stereocenters. The zero-order valence-electron chi connectivity index (χ0n) is 21.1. The Morgan fingerprint density at radius 2 is 1.68 bits per heavy atom. The fourth-order valence-corrected chi connectivity index (χ4v) is 5.28. The summed E-state index contributed by atoms with van der Waals surface area (Å²) in [4.78, 5) is 13.8. The average Bonchev–Trinajstić information content (AvgIpc) is 3.34. The molecule has 4 aromatic rings. The zero-order chi connectivity index (χ0) is 26.0. The molecule has 0 aliphatic heterocycles. The Morgan fingerprint density at radius 1 is 0.919 bits per heavy atom. The van der Waals surface area contributed by atoms with E-state index >= 15 is 0 Å². The monoisotopic (exact) mass is 534 g/mol. The largest absolute Gasteiger partial charge is 0.493 e. The van der Waals surface area contributed by atoms with Crippen LogP contribution in [0.1, 0.15) is 17.0 Å². The Balaban J connectivity index is 1.36. The van der Waals surface area contributed by atoms with E-state index in [-0.39, 0.29) is 11.7 Å². The molecule has 192 valence electrons. The smallest absolute Gasteiger partial charge is 0.230 e. The van der Waals surface area contributed by atoms with Crippen molar-refractivity contribution in [3.8, 4) is 17.2 Å². The molecular formula is C28H30N4O3S2. The Labute approximate surface area is 226 Å². The van der Waals surface area contributed by atoms with Gasteiger partial charge in [0, 0.05) is 17.1 Å². The van der Waals surface area contributed by atoms with E-state index in [0.717, 1.165) is 17.1 Å². The summed E-state index contributed by atoms with van der Waals surface area (Å²) < 4.78 is 12.7. The lowest BCUT2D eigenvalue weighted by Gasteiger charge is -2.11. The number of hydrogen-bond donors (Lipinski definition) is 1. The molecule has 4 rings (SSSR count). The van der Waals surface area contributed by atoms with E-state index in [2.05, 4.69) is 46.7 Å². The van der Waals surface area contributed by atoms with Crippen molar-refractivity contribution in [1.82, 2.24) is 20.1 Å². The van der Waals surface area contributed by atoms with Gasteiger partial charge in [-0.25, -0.2) is 0 Å². The van der Waals surface area contributed by atoms with Crippen LogP contribution in [0.4, 0.5) is 0 Å². The molecule has 1 heterocycles. The van der Waals surface area contributed by atoms with E-state index in [0.29, 0.717) is 35.4 Å². The van der Waals surface area contributed by atoms with Crippen molar-refractivity contribution in [2.24, 2.45) is 0 Å². The second-order valence-corrected chi connectivity index (χ2v) is 10.2. The van der Waals surface area contributed by atoms with Crippen LogP contribution in [0.2, 0.25) is 0 Å². The Kier molecular flexibility index (Phi) is 9.51. The van der Waals surface area contributed by atoms with Crippen molar-refractivity contribution < 1.29 is 14.3 Å². The van der Waals surface area contributed by atoms with Crippen LogP contribution < -0.4 is 14.8 Å². The van der Waals surface area contributed by atoms with Crippen molar-refractivity contribution in [3.05, 3.63) is 89.7 Å². The summed E-state index contributed by atoms with van der Waals surface area (Å²) >= 11 is 3.10. The lowest BCUT2D eigenvalue weighted by atomic mass is 10.1. The number of aryl methyl sites for hydroxylation is 1. The van der Waals surface area contributed by atoms with Crippen LogP contribution in [0, 0.1) is 6.92 Å². The summed E-state index contributed by atoms with van der Waals surface area (Å²) in [6.45, 7) is 2.61. The molecule has 0 aliphatic rings. The van der Waals surface area contributed by atoms with Gasteiger partial charge in [0.15, 0.2) is 16.7 Å². The second-order valence-electron chi connectivity index (χ2n) is 8.25. The number of methoxy groups -OCH3 is 2. The summed E-state index contributed by atoms with van der Waals surface area (Å²) in [5.41, 5.74) is 3.27. The molecule has 0 aliphatic carbocycles. The van der Waals surface area contributed by atoms with Crippen LogP contribution in [0.5, 0.6) is 11.5 Å². The van der Waals surface area contributed by atoms with E-state index in [1.165, 1.54) is 22.2 Å². The molecule has 0 saturated carbocycles. The molecule has 9 heteroatoms. The maximum absolute atomic E-state index is 12.6. The molecule has 1 amide bonds. The molecule has 37 heavy (non-hydrogen) atoms. The van der Waals surface area contributed by atoms with Gasteiger partial charge in [0.2, 0.25) is 5.91 Å². The minimum atomic E-state index is -0.0522. The van der Waals surface area contributed by atoms with Crippen LogP contribution >= 0.6 is 23.5 Å². The Bertz CT molecular complexity index is 1310. The van der Waals surface area contributed by atoms with Crippen molar-refractivity contribution in [2.45, 2.75) is 29.1 Å². The van der Waals surface area contributed by atoms with Crippen LogP contribution in [-0.2, 0) is 17.0 Å². The summed E-state index contributed by atoms with van der Waals surface area (Å²) in [6.07, 6.45) is 0.692. The number of amides is 1. The summed E-state index contributed by atoms with van der Waals surface area (Å²) in [5, 5.41) is 12.6. The van der Waals surface area contributed by atoms with E-state index in [1.807, 2.05) is 53.1 Å². The first-order chi connectivity index (χ1) is 18.1. The number of para-hydroxylation sites is 1. The van der Waals surface area contributed by atoms with Crippen molar-refractivity contribution in [3.63, 3.8) is 0 Å². The number of nitrogens with one attached hydrogen (secondary N) is 1. The highest BCUT2D eigenvalue weighted by atomic mass is 32.2. The number of rotatable bonds is 12. The topological polar surface area (TPSA) is 78.3 Å². The number of thioether (sulfide) groups is 2. The van der Waals surface area contributed by atoms with Gasteiger partial charge in [-0.3, -0.25) is 9.36 Å². The molecule has 3 aromatic carbocycles. The van der Waals surface area contributed by atoms with Gasteiger partial charge in [-0.15, -0.1) is 22.0 Å². The molecule has 7 nitrogen and oxygen atoms in total. The number of carbonyl (C=O) groups excluding carboxylic acids is 1. The molecule has 1 N–H and O–H groups in total. The third kappa shape index (κ3) is 7.30. The fourth-order valence-electron chi connectivity index (χ4n) is 3.67. The van der Waals surface area contributed by atoms with Crippen molar-refractivity contribution >= 4 is 29.4 Å². The molecule has 0 fully saturated rings. The van der Waals surface area contributed by atoms with Crippen LogP contribution in [-0.4, -0.2) is 47.2 Å². The van der Waals surface area contributed by atoms with E-state index in [1.54, 1.807) is 26.0 Å². The molecule has 0 atom stereocenters. The van der Waals surface area contributed by atoms with Gasteiger partial charge in [0.25, 0.3) is 0 Å². The minimum Gasteiger partial charge on any atom is -0.493 e. The molecule has 0 saturated heterocycles. The van der Waals surface area contributed by atoms with Crippen LogP contribution in [0.15, 0.2) is 82.8 Å². The highest BCUT2D eigenvalue weighted by Crippen LogP contribution is 2.28. The number of hydrogen-bond acceptors (Lipinski definition) is 7. The predicted molar refractivity (Wildman–Crippen MR) is 149 cm³/mol. The highest BCUT2D eigenvalue weighted by Gasteiger charge is 2.16. The second kappa shape index (κ2) is 13.2. The van der Waals surface area contributed by atoms with Gasteiger partial charge in [-0.05, 0) is 55.3 Å². The highest BCUT2D eigenvalue weighted by molar-refractivity contribution is 7.99. The number of ether oxygens (including phenoxy) is 2. The lowest BCUT2D eigenvalue weighted by molar-refractivity contribution is -0.118. The van der Waals surface area contributed by atoms with E-state index in [9.17, 15) is 4.79 Å². The molecular weight excluding hydrogens is 504 g/mol. The standard InChI is InChI=1S/C28H30N4O3S2/c1-20-9-12-23(13-10-20)36-18-26-30-31-28(32(26)22-7-5-4-6-8-22)37-19-27(33)29-16-15-21-11-14-24(34-2)25(17-21)35-3/h4-14,17H,15-16,18-19H2,1-3H3,(H,29,33). The normalized spacial score (nSPS) is 10.8. The first kappa shape index (κ1) is 26.6. The molecule has 0 bridgehead atoms. The third-order valence-corrected chi connectivity index (χ3v) is 7.56. The Hall–Kier alpha value is -3.43. The average molecular weight is 535 g/mol. The number of nitrogens with zero attached hydrogens (tertiary/aromatic N) is 3. The number of aromatic nitrogens is 3. The SMILES string of the molecule is COc1ccc(CCNC(=O)CSc2nnc(CSc3ccc(C)cc3)n2-c2ccccc2)cc1OC. The number of benzene rings is 3. The van der Waals surface area contributed by atoms with Gasteiger partial charge in [-0.2, -0.15) is 0 Å². The quantitative estimate of drug-likeness (QED) is 0.246. The summed E-state index contributed by atoms with van der Waals surface area (Å²) in [5.74, 6) is 3.08. The summed E-state index contributed by atoms with van der Waals surface area (Å²) in [7, 11) is 3.22. The third-order valence-electron chi connectivity index (χ3n) is 5.62. The summed E-state index contributed by atoms with van der Waals surface area (Å²) in [6, 6.07) is 24.2. The van der Waals surface area contributed by atoms with E-state index in [4.69, 9.17) is 9.47 Å². The Morgan fingerprint density at radius 3 is 2.41 bits per heavy atom. The molecule has 1 aromatic heterocycles. The lowest BCUT2D eigenvalue weighted by Crippen LogP contribution is -2.27. The first-order valence-corrected chi connectivity index (χ1v) is 13.8. The van der Waals surface area contributed by atoms with Crippen LogP contribution in [0.25, 0.3) is 5.69 Å². The molecule has 0 radical (unpaired) electrons. The maximum atomic E-state index is 12.6. The van der Waals surface area contributed by atoms with Crippen LogP contribution in [0.3, 0.4) is 0 Å². The van der Waals surface area contributed by atoms with Gasteiger partial charge < -0.3 is 14.8 Å². The van der Waals surface area contributed by atoms with Crippen molar-refractivity contribution in [1.29, 1.82) is 0 Å². The molecule has 0 spiro atoms. The number of carbonyl (C=O) groups is 1. The van der Waals surface area contributed by atoms with Gasteiger partial charge >= 0.3 is 0 Å². The fraction of sp³-hybridized carbons (Fsp3) is 0.250. The van der Waals surface area contributed by atoms with Crippen molar-refractivity contribution in [2.75, 3.05) is 26.5 Å². The maximum Gasteiger partial charge on any atom is 0.230 e. The minimum absolute atomic E-state index is 0.0522. The van der Waals surface area contributed by atoms with Gasteiger partial charge in [-0.1, -0.05) is 53.7 Å². The zero-order valence-corrected chi connectivity index (χ0v) is 22.8. The van der Waals surface area contributed by atoms with Gasteiger partial charge in [0.05, 0.1) is 25.7 Å². The first-order valence-electron chi connectivity index (χ1n) is 11.9. The van der Waals surface area contributed by atoms with Gasteiger partial charge in [0.1, 0.15) is 5.82 Å². The van der Waals surface area contributed by atoms with E-state index < -0.39 is 0 Å².